The average Bonchev–Trinajstić information content (AvgIpc) is 3.24. The van der Waals surface area contributed by atoms with Crippen LogP contribution in [0.3, 0.4) is 0 Å². The largest absolute Gasteiger partial charge is 0.497 e. The third-order valence-electron chi connectivity index (χ3n) is 4.77. The summed E-state index contributed by atoms with van der Waals surface area (Å²) in [5.74, 6) is 2.42. The highest BCUT2D eigenvalue weighted by Gasteiger charge is 2.13. The van der Waals surface area contributed by atoms with Gasteiger partial charge in [-0.05, 0) is 44.0 Å². The molecule has 30 heavy (non-hydrogen) atoms. The molecule has 0 saturated heterocycles. The van der Waals surface area contributed by atoms with Gasteiger partial charge in [0.25, 0.3) is 5.91 Å². The summed E-state index contributed by atoms with van der Waals surface area (Å²) in [6.07, 6.45) is 2.08. The van der Waals surface area contributed by atoms with Crippen molar-refractivity contribution in [3.63, 3.8) is 0 Å². The molecule has 0 bridgehead atoms. The van der Waals surface area contributed by atoms with Crippen molar-refractivity contribution in [1.29, 1.82) is 0 Å². The highest BCUT2D eigenvalue weighted by Crippen LogP contribution is 2.22. The van der Waals surface area contributed by atoms with Crippen LogP contribution < -0.4 is 20.7 Å². The summed E-state index contributed by atoms with van der Waals surface area (Å²) in [5.41, 5.74) is 1.58. The minimum absolute atomic E-state index is 0.128. The van der Waals surface area contributed by atoms with Gasteiger partial charge in [-0.15, -0.1) is 0 Å². The van der Waals surface area contributed by atoms with Gasteiger partial charge in [0.15, 0.2) is 11.7 Å². The van der Waals surface area contributed by atoms with E-state index in [1.54, 1.807) is 31.4 Å². The zero-order valence-electron chi connectivity index (χ0n) is 18.3. The van der Waals surface area contributed by atoms with Gasteiger partial charge in [-0.25, -0.2) is 4.99 Å². The number of aliphatic imine (C=N–C) groups is 1. The van der Waals surface area contributed by atoms with Crippen LogP contribution in [0.2, 0.25) is 0 Å². The molecule has 1 heterocycles. The Morgan fingerprint density at radius 2 is 1.80 bits per heavy atom. The van der Waals surface area contributed by atoms with Crippen LogP contribution in [-0.4, -0.2) is 43.8 Å². The van der Waals surface area contributed by atoms with Crippen LogP contribution in [0.5, 0.6) is 5.75 Å². The second kappa shape index (κ2) is 12.5. The molecule has 1 amide bonds. The monoisotopic (exact) mass is 415 g/mol. The molecule has 0 aliphatic heterocycles. The fourth-order valence-corrected chi connectivity index (χ4v) is 3.00. The van der Waals surface area contributed by atoms with E-state index in [0.29, 0.717) is 37.1 Å². The Morgan fingerprint density at radius 3 is 2.43 bits per heavy atom. The zero-order chi connectivity index (χ0) is 21.8. The van der Waals surface area contributed by atoms with Crippen LogP contribution in [0.4, 0.5) is 0 Å². The molecule has 0 spiro atoms. The van der Waals surface area contributed by atoms with Gasteiger partial charge in [0.1, 0.15) is 12.3 Å². The lowest BCUT2D eigenvalue weighted by atomic mass is 9.99. The van der Waals surface area contributed by atoms with Crippen molar-refractivity contribution in [3.8, 4) is 5.75 Å². The Bertz CT molecular complexity index is 797. The molecule has 0 radical (unpaired) electrons. The van der Waals surface area contributed by atoms with Gasteiger partial charge in [-0.1, -0.05) is 19.0 Å². The number of nitrogens with zero attached hydrogens (tertiary/aromatic N) is 2. The van der Waals surface area contributed by atoms with Gasteiger partial charge < -0.3 is 25.2 Å². The summed E-state index contributed by atoms with van der Waals surface area (Å²) in [7, 11) is 1.60. The molecule has 1 aromatic heterocycles. The molecule has 164 valence electrons. The van der Waals surface area contributed by atoms with E-state index in [0.717, 1.165) is 36.6 Å². The number of carbonyl (C=O) groups excluding carboxylic acids is 1. The minimum atomic E-state index is -0.128. The molecule has 2 rings (SSSR count). The zero-order valence-corrected chi connectivity index (χ0v) is 18.3. The van der Waals surface area contributed by atoms with Crippen LogP contribution in [0.15, 0.2) is 39.8 Å². The Hall–Kier alpha value is -3.03. The van der Waals surface area contributed by atoms with Gasteiger partial charge in [0, 0.05) is 37.2 Å². The van der Waals surface area contributed by atoms with Crippen molar-refractivity contribution in [2.75, 3.05) is 26.7 Å². The average molecular weight is 416 g/mol. The fraction of sp³-hybridized carbons (Fsp3) is 0.500. The molecule has 8 nitrogen and oxygen atoms in total. The number of hydrogen-bond donors (Lipinski definition) is 3. The SMILES string of the molecule is CCNC(=NCc1cc(C(CC)CC)no1)NCCNC(=O)c1ccc(OC)cc1. The molecule has 3 N–H and O–H groups in total. The maximum atomic E-state index is 12.2. The summed E-state index contributed by atoms with van der Waals surface area (Å²) >= 11 is 0. The number of guanidine groups is 1. The summed E-state index contributed by atoms with van der Waals surface area (Å²) in [6.45, 7) is 8.46. The molecule has 0 aliphatic rings. The Labute approximate surface area is 178 Å². The van der Waals surface area contributed by atoms with Crippen LogP contribution in [0, 0.1) is 0 Å². The molecular formula is C22H33N5O3. The Kier molecular flexibility index (Phi) is 9.70. The van der Waals surface area contributed by atoms with E-state index in [9.17, 15) is 4.79 Å². The minimum Gasteiger partial charge on any atom is -0.497 e. The van der Waals surface area contributed by atoms with Gasteiger partial charge in [-0.3, -0.25) is 4.79 Å². The van der Waals surface area contributed by atoms with Crippen LogP contribution in [0.1, 0.15) is 61.3 Å². The maximum Gasteiger partial charge on any atom is 0.251 e. The first-order valence-corrected chi connectivity index (χ1v) is 10.5. The van der Waals surface area contributed by atoms with Gasteiger partial charge in [-0.2, -0.15) is 0 Å². The van der Waals surface area contributed by atoms with Crippen molar-refractivity contribution >= 4 is 11.9 Å². The van der Waals surface area contributed by atoms with Crippen molar-refractivity contribution in [3.05, 3.63) is 47.3 Å². The number of nitrogens with one attached hydrogen (secondary N) is 3. The summed E-state index contributed by atoms with van der Waals surface area (Å²) in [6, 6.07) is 8.99. The first-order valence-electron chi connectivity index (χ1n) is 10.5. The molecular weight excluding hydrogens is 382 g/mol. The molecule has 0 saturated carbocycles. The van der Waals surface area contributed by atoms with E-state index < -0.39 is 0 Å². The van der Waals surface area contributed by atoms with E-state index in [1.165, 1.54) is 0 Å². The van der Waals surface area contributed by atoms with Crippen molar-refractivity contribution < 1.29 is 14.1 Å². The van der Waals surface area contributed by atoms with E-state index in [1.807, 2.05) is 13.0 Å². The third-order valence-corrected chi connectivity index (χ3v) is 4.77. The Morgan fingerprint density at radius 1 is 1.10 bits per heavy atom. The second-order valence-corrected chi connectivity index (χ2v) is 6.84. The number of aromatic nitrogens is 1. The number of carbonyl (C=O) groups is 1. The molecule has 1 aromatic carbocycles. The number of ether oxygens (including phenoxy) is 1. The molecule has 0 fully saturated rings. The number of amides is 1. The van der Waals surface area contributed by atoms with E-state index in [4.69, 9.17) is 9.26 Å². The normalized spacial score (nSPS) is 11.4. The fourth-order valence-electron chi connectivity index (χ4n) is 3.00. The summed E-state index contributed by atoms with van der Waals surface area (Å²) < 4.78 is 10.5. The molecule has 2 aromatic rings. The predicted octanol–water partition coefficient (Wildman–Crippen LogP) is 3.07. The number of methoxy groups -OCH3 is 1. The number of rotatable bonds is 11. The number of hydrogen-bond acceptors (Lipinski definition) is 5. The third kappa shape index (κ3) is 7.09. The summed E-state index contributed by atoms with van der Waals surface area (Å²) in [5, 5.41) is 13.5. The second-order valence-electron chi connectivity index (χ2n) is 6.84. The van der Waals surface area contributed by atoms with Gasteiger partial charge in [0.2, 0.25) is 0 Å². The van der Waals surface area contributed by atoms with Crippen LogP contribution in [-0.2, 0) is 6.54 Å². The topological polar surface area (TPSA) is 101 Å². The lowest BCUT2D eigenvalue weighted by molar-refractivity contribution is 0.0954. The van der Waals surface area contributed by atoms with Gasteiger partial charge in [0.05, 0.1) is 12.8 Å². The lowest BCUT2D eigenvalue weighted by Crippen LogP contribution is -2.41. The molecule has 0 aliphatic carbocycles. The van der Waals surface area contributed by atoms with Crippen molar-refractivity contribution in [2.24, 2.45) is 4.99 Å². The molecule has 0 unspecified atom stereocenters. The van der Waals surface area contributed by atoms with Crippen LogP contribution in [0.25, 0.3) is 0 Å². The molecule has 0 atom stereocenters. The summed E-state index contributed by atoms with van der Waals surface area (Å²) in [4.78, 5) is 16.7. The van der Waals surface area contributed by atoms with E-state index >= 15 is 0 Å². The maximum absolute atomic E-state index is 12.2. The van der Waals surface area contributed by atoms with E-state index in [-0.39, 0.29) is 5.91 Å². The highest BCUT2D eigenvalue weighted by molar-refractivity contribution is 5.94. The lowest BCUT2D eigenvalue weighted by Gasteiger charge is -2.11. The number of benzene rings is 1. The van der Waals surface area contributed by atoms with Crippen LogP contribution >= 0.6 is 0 Å². The first kappa shape index (κ1) is 23.3. The van der Waals surface area contributed by atoms with Gasteiger partial charge >= 0.3 is 0 Å². The van der Waals surface area contributed by atoms with Crippen molar-refractivity contribution in [2.45, 2.75) is 46.1 Å². The predicted molar refractivity (Wildman–Crippen MR) is 118 cm³/mol. The van der Waals surface area contributed by atoms with Crippen molar-refractivity contribution in [1.82, 2.24) is 21.1 Å². The Balaban J connectivity index is 1.81. The highest BCUT2D eigenvalue weighted by atomic mass is 16.5. The quantitative estimate of drug-likeness (QED) is 0.296. The first-order chi connectivity index (χ1) is 14.6. The smallest absolute Gasteiger partial charge is 0.251 e. The van der Waals surface area contributed by atoms with E-state index in [2.05, 4.69) is 39.9 Å². The molecule has 8 heteroatoms. The standard InChI is InChI=1S/C22H33N5O3/c1-5-16(6-2)20-14-19(30-27-20)15-26-22(23-7-3)25-13-12-24-21(28)17-8-10-18(29-4)11-9-17/h8-11,14,16H,5-7,12-13,15H2,1-4H3,(H,24,28)(H2,23,25,26).